The number of nitrogens with one attached hydrogen (secondary N) is 1. The van der Waals surface area contributed by atoms with Crippen LogP contribution in [0.15, 0.2) is 48.8 Å². The molecule has 0 aliphatic carbocycles. The van der Waals surface area contributed by atoms with E-state index in [0.717, 1.165) is 25.0 Å². The fraction of sp³-hybridized carbons (Fsp3) is 0.429. The Kier molecular flexibility index (Phi) is 6.19. The Hall–Kier alpha value is -2.65. The zero-order chi connectivity index (χ0) is 21.0. The number of sulfonamides is 1. The van der Waals surface area contributed by atoms with Crippen LogP contribution in [-0.2, 0) is 21.3 Å². The molecule has 0 radical (unpaired) electrons. The van der Waals surface area contributed by atoms with E-state index in [0.29, 0.717) is 37.4 Å². The second-order valence-electron chi connectivity index (χ2n) is 7.60. The quantitative estimate of drug-likeness (QED) is 0.761. The van der Waals surface area contributed by atoms with Gasteiger partial charge in [-0.25, -0.2) is 13.2 Å². The molecule has 2 aromatic rings. The zero-order valence-electron chi connectivity index (χ0n) is 16.7. The third-order valence-electron chi connectivity index (χ3n) is 5.34. The fourth-order valence-corrected chi connectivity index (χ4v) is 5.37. The van der Waals surface area contributed by atoms with E-state index < -0.39 is 10.0 Å². The number of pyridine rings is 1. The summed E-state index contributed by atoms with van der Waals surface area (Å²) in [4.78, 5) is 18.8. The largest absolute Gasteiger partial charge is 0.376 e. The summed E-state index contributed by atoms with van der Waals surface area (Å²) in [5, 5.41) is 2.92. The Balaban J connectivity index is 1.44. The SMILES string of the molecule is O=C(Nc1ccc(N2CCCS2(=O)=O)cc1)N(Cc1cccnc1)CC1CCCO1. The average molecular weight is 431 g/mol. The molecule has 30 heavy (non-hydrogen) atoms. The molecule has 160 valence electrons. The number of carbonyl (C=O) groups excluding carboxylic acids is 1. The molecule has 3 heterocycles. The highest BCUT2D eigenvalue weighted by Crippen LogP contribution is 2.25. The summed E-state index contributed by atoms with van der Waals surface area (Å²) in [5.74, 6) is 0.179. The van der Waals surface area contributed by atoms with Gasteiger partial charge in [0.25, 0.3) is 0 Å². The van der Waals surface area contributed by atoms with Crippen molar-refractivity contribution in [1.82, 2.24) is 9.88 Å². The van der Waals surface area contributed by atoms with Gasteiger partial charge in [0.1, 0.15) is 0 Å². The average Bonchev–Trinajstić information content (AvgIpc) is 3.38. The molecule has 1 aromatic heterocycles. The molecule has 0 saturated carbocycles. The van der Waals surface area contributed by atoms with E-state index in [9.17, 15) is 13.2 Å². The van der Waals surface area contributed by atoms with Crippen LogP contribution >= 0.6 is 0 Å². The first-order chi connectivity index (χ1) is 14.5. The molecule has 1 N–H and O–H groups in total. The number of anilines is 2. The number of nitrogens with zero attached hydrogens (tertiary/aromatic N) is 3. The van der Waals surface area contributed by atoms with Gasteiger partial charge in [-0.15, -0.1) is 0 Å². The maximum absolute atomic E-state index is 13.0. The summed E-state index contributed by atoms with van der Waals surface area (Å²) < 4.78 is 31.3. The minimum absolute atomic E-state index is 0.0372. The van der Waals surface area contributed by atoms with Crippen molar-refractivity contribution in [3.05, 3.63) is 54.4 Å². The number of hydrogen-bond donors (Lipinski definition) is 1. The third-order valence-corrected chi connectivity index (χ3v) is 7.21. The molecule has 2 aliphatic heterocycles. The van der Waals surface area contributed by atoms with Gasteiger partial charge in [-0.05, 0) is 55.2 Å². The number of rotatable bonds is 6. The molecule has 0 spiro atoms. The summed E-state index contributed by atoms with van der Waals surface area (Å²) in [6, 6.07) is 10.5. The lowest BCUT2D eigenvalue weighted by Crippen LogP contribution is -2.39. The molecule has 4 rings (SSSR count). The van der Waals surface area contributed by atoms with Crippen LogP contribution < -0.4 is 9.62 Å². The monoisotopic (exact) mass is 430 g/mol. The van der Waals surface area contributed by atoms with Crippen LogP contribution in [0.2, 0.25) is 0 Å². The van der Waals surface area contributed by atoms with E-state index in [1.165, 1.54) is 4.31 Å². The number of hydrogen-bond acceptors (Lipinski definition) is 5. The van der Waals surface area contributed by atoms with Crippen molar-refractivity contribution >= 4 is 27.4 Å². The highest BCUT2D eigenvalue weighted by molar-refractivity contribution is 7.93. The highest BCUT2D eigenvalue weighted by Gasteiger charge is 2.28. The van der Waals surface area contributed by atoms with Crippen LogP contribution in [0, 0.1) is 0 Å². The van der Waals surface area contributed by atoms with Gasteiger partial charge in [0.05, 0.1) is 17.5 Å². The molecule has 8 nitrogen and oxygen atoms in total. The highest BCUT2D eigenvalue weighted by atomic mass is 32.2. The van der Waals surface area contributed by atoms with Crippen molar-refractivity contribution in [2.75, 3.05) is 35.1 Å². The smallest absolute Gasteiger partial charge is 0.322 e. The second kappa shape index (κ2) is 9.01. The lowest BCUT2D eigenvalue weighted by atomic mass is 10.2. The predicted octanol–water partition coefficient (Wildman–Crippen LogP) is 2.83. The first kappa shape index (κ1) is 20.6. The molecule has 2 amide bonds. The maximum atomic E-state index is 13.0. The van der Waals surface area contributed by atoms with E-state index in [1.54, 1.807) is 41.6 Å². The number of benzene rings is 1. The van der Waals surface area contributed by atoms with E-state index in [2.05, 4.69) is 10.3 Å². The van der Waals surface area contributed by atoms with Gasteiger partial charge in [-0.3, -0.25) is 9.29 Å². The normalized spacial score (nSPS) is 20.3. The topological polar surface area (TPSA) is 91.8 Å². The maximum Gasteiger partial charge on any atom is 0.322 e. The Morgan fingerprint density at radius 2 is 2.07 bits per heavy atom. The number of amides is 2. The number of carbonyl (C=O) groups is 1. The third kappa shape index (κ3) is 4.91. The molecule has 1 aromatic carbocycles. The van der Waals surface area contributed by atoms with Gasteiger partial charge in [-0.1, -0.05) is 6.07 Å². The van der Waals surface area contributed by atoms with E-state index in [1.807, 2.05) is 12.1 Å². The lowest BCUT2D eigenvalue weighted by molar-refractivity contribution is 0.0819. The van der Waals surface area contributed by atoms with Crippen molar-refractivity contribution in [3.8, 4) is 0 Å². The van der Waals surface area contributed by atoms with Gasteiger partial charge in [0, 0.05) is 44.3 Å². The van der Waals surface area contributed by atoms with Gasteiger partial charge < -0.3 is 15.0 Å². The standard InChI is InChI=1S/C21H26N4O4S/c26-21(23-18-6-8-19(9-7-18)25-11-3-13-30(25,27)28)24(16-20-5-2-12-29-20)15-17-4-1-10-22-14-17/h1,4,6-10,14,20H,2-3,5,11-13,15-16H2,(H,23,26). The van der Waals surface area contributed by atoms with Gasteiger partial charge >= 0.3 is 6.03 Å². The van der Waals surface area contributed by atoms with E-state index in [-0.39, 0.29) is 17.9 Å². The number of urea groups is 1. The number of ether oxygens (including phenoxy) is 1. The first-order valence-corrected chi connectivity index (χ1v) is 11.8. The Bertz CT molecular complexity index is 960. The van der Waals surface area contributed by atoms with Crippen LogP contribution in [0.4, 0.5) is 16.2 Å². The van der Waals surface area contributed by atoms with Gasteiger partial charge in [-0.2, -0.15) is 0 Å². The molecular formula is C21H26N4O4S. The molecule has 0 bridgehead atoms. The van der Waals surface area contributed by atoms with Crippen LogP contribution in [0.5, 0.6) is 0 Å². The molecule has 1 unspecified atom stereocenters. The predicted molar refractivity (Wildman–Crippen MR) is 115 cm³/mol. The Morgan fingerprint density at radius 1 is 1.23 bits per heavy atom. The van der Waals surface area contributed by atoms with Crippen molar-refractivity contribution in [1.29, 1.82) is 0 Å². The van der Waals surface area contributed by atoms with Crippen LogP contribution in [-0.4, -0.2) is 55.9 Å². The van der Waals surface area contributed by atoms with Crippen molar-refractivity contribution in [3.63, 3.8) is 0 Å². The van der Waals surface area contributed by atoms with Gasteiger partial charge in [0.2, 0.25) is 10.0 Å². The molecule has 2 saturated heterocycles. The van der Waals surface area contributed by atoms with Gasteiger partial charge in [0.15, 0.2) is 0 Å². The molecule has 2 aliphatic rings. The van der Waals surface area contributed by atoms with Crippen molar-refractivity contribution in [2.45, 2.75) is 31.9 Å². The summed E-state index contributed by atoms with van der Waals surface area (Å²) in [7, 11) is -3.22. The summed E-state index contributed by atoms with van der Waals surface area (Å²) in [6.45, 7) is 2.16. The Morgan fingerprint density at radius 3 is 2.70 bits per heavy atom. The zero-order valence-corrected chi connectivity index (χ0v) is 17.6. The number of aromatic nitrogens is 1. The molecule has 9 heteroatoms. The van der Waals surface area contributed by atoms with Crippen LogP contribution in [0.25, 0.3) is 0 Å². The van der Waals surface area contributed by atoms with Crippen LogP contribution in [0.3, 0.4) is 0 Å². The van der Waals surface area contributed by atoms with Crippen molar-refractivity contribution in [2.24, 2.45) is 0 Å². The van der Waals surface area contributed by atoms with E-state index in [4.69, 9.17) is 4.74 Å². The first-order valence-electron chi connectivity index (χ1n) is 10.2. The summed E-state index contributed by atoms with van der Waals surface area (Å²) in [5.41, 5.74) is 2.18. The summed E-state index contributed by atoms with van der Waals surface area (Å²) in [6.07, 6.45) is 6.07. The summed E-state index contributed by atoms with van der Waals surface area (Å²) >= 11 is 0. The minimum atomic E-state index is -3.22. The van der Waals surface area contributed by atoms with Crippen molar-refractivity contribution < 1.29 is 17.9 Å². The fourth-order valence-electron chi connectivity index (χ4n) is 3.81. The van der Waals surface area contributed by atoms with Crippen LogP contribution in [0.1, 0.15) is 24.8 Å². The lowest BCUT2D eigenvalue weighted by Gasteiger charge is -2.26. The molecular weight excluding hydrogens is 404 g/mol. The van der Waals surface area contributed by atoms with E-state index >= 15 is 0 Å². The minimum Gasteiger partial charge on any atom is -0.376 e. The molecule has 1 atom stereocenters. The molecule has 2 fully saturated rings. The Labute approximate surface area is 176 Å². The second-order valence-corrected chi connectivity index (χ2v) is 9.61.